The average molecular weight is 488 g/mol. The van der Waals surface area contributed by atoms with E-state index in [-0.39, 0.29) is 10.7 Å². The van der Waals surface area contributed by atoms with E-state index in [4.69, 9.17) is 9.97 Å². The Hall–Kier alpha value is -3.63. The molecular weight excluding hydrogens is 462 g/mol. The molecule has 1 aliphatic carbocycles. The lowest BCUT2D eigenvalue weighted by Gasteiger charge is -2.30. The van der Waals surface area contributed by atoms with E-state index in [1.165, 1.54) is 18.4 Å². The fraction of sp³-hybridized carbons (Fsp3) is 0.280. The van der Waals surface area contributed by atoms with Gasteiger partial charge in [-0.05, 0) is 48.6 Å². The number of hydrogen-bond acceptors (Lipinski definition) is 8. The summed E-state index contributed by atoms with van der Waals surface area (Å²) in [5.74, 6) is 2.16. The van der Waals surface area contributed by atoms with E-state index < -0.39 is 10.0 Å². The second-order valence-corrected chi connectivity index (χ2v) is 10.5. The van der Waals surface area contributed by atoms with Gasteiger partial charge in [0.15, 0.2) is 5.82 Å². The number of piperazine rings is 1. The monoisotopic (exact) mass is 487 g/mol. The van der Waals surface area contributed by atoms with Crippen LogP contribution in [0.15, 0.2) is 66.0 Å². The number of nitrogens with one attached hydrogen (secondary N) is 2. The van der Waals surface area contributed by atoms with Gasteiger partial charge in [-0.25, -0.2) is 23.4 Å². The number of nitrogens with zero attached hydrogens (tertiary/aromatic N) is 5. The highest BCUT2D eigenvalue weighted by Gasteiger charge is 2.29. The molecule has 0 amide bonds. The number of aromatic nitrogens is 4. The average Bonchev–Trinajstić information content (AvgIpc) is 3.74. The van der Waals surface area contributed by atoms with Crippen LogP contribution in [0.3, 0.4) is 0 Å². The van der Waals surface area contributed by atoms with E-state index in [9.17, 15) is 8.42 Å². The molecule has 0 atom stereocenters. The van der Waals surface area contributed by atoms with Crippen LogP contribution < -0.4 is 14.9 Å². The third-order valence-corrected chi connectivity index (χ3v) is 7.73. The Balaban J connectivity index is 1.42. The first-order valence-corrected chi connectivity index (χ1v) is 13.2. The van der Waals surface area contributed by atoms with Crippen LogP contribution in [0.4, 0.5) is 11.6 Å². The van der Waals surface area contributed by atoms with Crippen molar-refractivity contribution in [2.45, 2.75) is 23.7 Å². The highest BCUT2D eigenvalue weighted by Crippen LogP contribution is 2.44. The van der Waals surface area contributed by atoms with Crippen LogP contribution in [-0.4, -0.2) is 54.5 Å². The molecule has 2 N–H and O–H groups in total. The minimum absolute atomic E-state index is 0.175. The largest absolute Gasteiger partial charge is 0.353 e. The maximum Gasteiger partial charge on any atom is 0.263 e. The summed E-state index contributed by atoms with van der Waals surface area (Å²) in [5, 5.41) is 4.48. The van der Waals surface area contributed by atoms with E-state index >= 15 is 0 Å². The van der Waals surface area contributed by atoms with Gasteiger partial charge in [-0.15, -0.1) is 0 Å². The summed E-state index contributed by atoms with van der Waals surface area (Å²) in [4.78, 5) is 21.0. The van der Waals surface area contributed by atoms with Crippen LogP contribution in [0.1, 0.15) is 24.3 Å². The van der Waals surface area contributed by atoms with Crippen LogP contribution in [0.25, 0.3) is 22.3 Å². The van der Waals surface area contributed by atoms with Gasteiger partial charge in [-0.3, -0.25) is 9.71 Å². The number of sulfonamides is 1. The lowest BCUT2D eigenvalue weighted by Crippen LogP contribution is -2.44. The maximum absolute atomic E-state index is 12.8. The van der Waals surface area contributed by atoms with E-state index in [2.05, 4.69) is 24.9 Å². The molecule has 0 radical (unpaired) electrons. The Morgan fingerprint density at radius 1 is 1.00 bits per heavy atom. The first-order chi connectivity index (χ1) is 17.1. The topological polar surface area (TPSA) is 113 Å². The van der Waals surface area contributed by atoms with Gasteiger partial charge in [0, 0.05) is 49.5 Å². The molecule has 1 aromatic carbocycles. The molecular formula is C25H25N7O2S. The molecule has 0 spiro atoms. The molecule has 2 fully saturated rings. The predicted octanol–water partition coefficient (Wildman–Crippen LogP) is 3.17. The van der Waals surface area contributed by atoms with E-state index in [1.54, 1.807) is 54.9 Å². The number of benzene rings is 1. The number of anilines is 2. The summed E-state index contributed by atoms with van der Waals surface area (Å²) >= 11 is 0. The normalized spacial score (nSPS) is 16.4. The molecule has 0 unspecified atom stereocenters. The first kappa shape index (κ1) is 21.9. The summed E-state index contributed by atoms with van der Waals surface area (Å²) < 4.78 is 28.1. The fourth-order valence-electron chi connectivity index (χ4n) is 4.45. The van der Waals surface area contributed by atoms with E-state index in [0.717, 1.165) is 42.9 Å². The third kappa shape index (κ3) is 4.42. The third-order valence-electron chi connectivity index (χ3n) is 6.36. The zero-order chi connectivity index (χ0) is 23.8. The standard InChI is InChI=1S/C25H25N7O2S/c33-35(34,19-4-2-1-3-5-19)31-22-14-18(8-9-28-22)24-29-21-16-27-15-20(17-6-7-17)23(21)25(30-24)32-12-10-26-11-13-32/h1-5,8-9,14-17,26H,6-7,10-13H2,(H,28,31). The van der Waals surface area contributed by atoms with Crippen molar-refractivity contribution in [3.63, 3.8) is 0 Å². The second-order valence-electron chi connectivity index (χ2n) is 8.85. The lowest BCUT2D eigenvalue weighted by molar-refractivity contribution is 0.586. The van der Waals surface area contributed by atoms with Crippen molar-refractivity contribution in [3.8, 4) is 11.4 Å². The number of rotatable bonds is 6. The minimum Gasteiger partial charge on any atom is -0.353 e. The zero-order valence-corrected chi connectivity index (χ0v) is 19.9. The molecule has 0 bridgehead atoms. The summed E-state index contributed by atoms with van der Waals surface area (Å²) in [6.45, 7) is 3.50. The molecule has 1 aliphatic heterocycles. The molecule has 178 valence electrons. The number of pyridine rings is 2. The van der Waals surface area contributed by atoms with Gasteiger partial charge < -0.3 is 10.2 Å². The van der Waals surface area contributed by atoms with Gasteiger partial charge in [0.1, 0.15) is 11.6 Å². The highest BCUT2D eigenvalue weighted by atomic mass is 32.2. The summed E-state index contributed by atoms with van der Waals surface area (Å²) in [5.41, 5.74) is 2.70. The van der Waals surface area contributed by atoms with Crippen LogP contribution >= 0.6 is 0 Å². The smallest absolute Gasteiger partial charge is 0.263 e. The lowest BCUT2D eigenvalue weighted by atomic mass is 10.1. The Kier molecular flexibility index (Phi) is 5.54. The fourth-order valence-corrected chi connectivity index (χ4v) is 5.47. The first-order valence-electron chi connectivity index (χ1n) is 11.7. The second kappa shape index (κ2) is 8.86. The molecule has 4 aromatic rings. The summed E-state index contributed by atoms with van der Waals surface area (Å²) in [7, 11) is -3.76. The van der Waals surface area contributed by atoms with Crippen LogP contribution in [0.2, 0.25) is 0 Å². The van der Waals surface area contributed by atoms with Crippen molar-refractivity contribution in [2.75, 3.05) is 35.8 Å². The Morgan fingerprint density at radius 2 is 1.80 bits per heavy atom. The molecule has 10 heteroatoms. The molecule has 1 saturated heterocycles. The Bertz CT molecular complexity index is 1480. The van der Waals surface area contributed by atoms with Gasteiger partial charge >= 0.3 is 0 Å². The van der Waals surface area contributed by atoms with Crippen LogP contribution in [0, 0.1) is 0 Å². The molecule has 35 heavy (non-hydrogen) atoms. The van der Waals surface area contributed by atoms with Crippen molar-refractivity contribution in [1.29, 1.82) is 0 Å². The summed E-state index contributed by atoms with van der Waals surface area (Å²) in [6.07, 6.45) is 7.64. The summed E-state index contributed by atoms with van der Waals surface area (Å²) in [6, 6.07) is 11.7. The van der Waals surface area contributed by atoms with Crippen molar-refractivity contribution in [2.24, 2.45) is 0 Å². The highest BCUT2D eigenvalue weighted by molar-refractivity contribution is 7.92. The molecule has 3 aromatic heterocycles. The van der Waals surface area contributed by atoms with E-state index in [0.29, 0.717) is 17.3 Å². The maximum atomic E-state index is 12.8. The number of hydrogen-bond donors (Lipinski definition) is 2. The molecule has 1 saturated carbocycles. The Labute approximate surface area is 203 Å². The van der Waals surface area contributed by atoms with Gasteiger partial charge in [0.2, 0.25) is 0 Å². The van der Waals surface area contributed by atoms with Gasteiger partial charge in [0.25, 0.3) is 10.0 Å². The number of fused-ring (bicyclic) bond motifs is 1. The quantitative estimate of drug-likeness (QED) is 0.426. The van der Waals surface area contributed by atoms with Crippen molar-refractivity contribution in [3.05, 3.63) is 66.6 Å². The van der Waals surface area contributed by atoms with Crippen molar-refractivity contribution >= 4 is 32.6 Å². The van der Waals surface area contributed by atoms with Gasteiger partial charge in [0.05, 0.1) is 16.6 Å². The van der Waals surface area contributed by atoms with Gasteiger partial charge in [-0.1, -0.05) is 18.2 Å². The van der Waals surface area contributed by atoms with Gasteiger partial charge in [-0.2, -0.15) is 0 Å². The van der Waals surface area contributed by atoms with Crippen LogP contribution in [0.5, 0.6) is 0 Å². The molecule has 2 aliphatic rings. The van der Waals surface area contributed by atoms with Crippen LogP contribution in [-0.2, 0) is 10.0 Å². The Morgan fingerprint density at radius 3 is 2.57 bits per heavy atom. The minimum atomic E-state index is -3.76. The predicted molar refractivity (Wildman–Crippen MR) is 135 cm³/mol. The van der Waals surface area contributed by atoms with Crippen molar-refractivity contribution in [1.82, 2.24) is 25.3 Å². The van der Waals surface area contributed by atoms with Crippen molar-refractivity contribution < 1.29 is 8.42 Å². The molecule has 6 rings (SSSR count). The molecule has 4 heterocycles. The SMILES string of the molecule is O=S(=O)(Nc1cc(-c2nc(N3CCNCC3)c3c(C4CC4)cncc3n2)ccn1)c1ccccc1. The molecule has 9 nitrogen and oxygen atoms in total. The van der Waals surface area contributed by atoms with E-state index in [1.807, 2.05) is 6.20 Å². The zero-order valence-electron chi connectivity index (χ0n) is 19.1.